The van der Waals surface area contributed by atoms with Gasteiger partial charge in [-0.05, 0) is 101 Å². The van der Waals surface area contributed by atoms with E-state index in [2.05, 4.69) is 30.9 Å². The number of esters is 2. The number of carbonyl (C=O) groups is 5. The Labute approximate surface area is 473 Å². The Balaban J connectivity index is 1.65. The minimum absolute atomic E-state index is 0.00950. The smallest absolute Gasteiger partial charge is 0.408 e. The molecule has 29 heteroatoms. The number of aliphatic imine (C=N–C) groups is 1. The number of nitrogen functional groups attached to an aromatic ring is 2. The molecule has 21 N–H and O–H groups in total. The van der Waals surface area contributed by atoms with Crippen molar-refractivity contribution >= 4 is 59.0 Å². The van der Waals surface area contributed by atoms with Crippen LogP contribution in [0, 0.1) is 0 Å². The number of ether oxygens (including phenoxy) is 2. The van der Waals surface area contributed by atoms with Gasteiger partial charge in [0.1, 0.15) is 54.3 Å². The Morgan fingerprint density at radius 2 is 1.19 bits per heavy atom. The summed E-state index contributed by atoms with van der Waals surface area (Å²) in [6, 6.07) is 12.5. The number of aliphatic hydroxyl groups is 10. The van der Waals surface area contributed by atoms with Gasteiger partial charge in [0.15, 0.2) is 28.4 Å². The molecule has 1 aromatic heterocycles. The maximum absolute atomic E-state index is 13.8. The number of hydrogen-bond donors (Lipinski definition) is 17. The van der Waals surface area contributed by atoms with Crippen molar-refractivity contribution in [1.82, 2.24) is 30.8 Å². The Hall–Kier alpha value is -6.25. The van der Waals surface area contributed by atoms with Crippen molar-refractivity contribution in [1.29, 1.82) is 0 Å². The van der Waals surface area contributed by atoms with Crippen molar-refractivity contribution in [2.45, 2.75) is 145 Å². The number of amides is 3. The number of aromatic nitrogens is 2. The highest BCUT2D eigenvalue weighted by molar-refractivity contribution is 6.31. The lowest BCUT2D eigenvalue weighted by molar-refractivity contribution is -0.163. The van der Waals surface area contributed by atoms with Crippen LogP contribution >= 0.6 is 11.6 Å². The quantitative estimate of drug-likeness (QED) is 0.00956. The molecule has 3 amide bonds. The average Bonchev–Trinajstić information content (AvgIpc) is 3.44. The minimum atomic E-state index is -2.11. The molecule has 3 rings (SSSR count). The molecule has 0 saturated heterocycles. The normalized spacial score (nSPS) is 15.7. The highest BCUT2D eigenvalue weighted by Crippen LogP contribution is 2.23. The molecule has 0 bridgehead atoms. The predicted octanol–water partition coefficient (Wildman–Crippen LogP) is -2.90. The summed E-state index contributed by atoms with van der Waals surface area (Å²) in [5.41, 5.74) is 25.3. The van der Waals surface area contributed by atoms with Crippen LogP contribution in [-0.4, -0.2) is 214 Å². The first kappa shape index (κ1) is 69.0. The number of halogens is 1. The standard InChI is InChI=1S/C52H80ClN11O17/c1-52(2,3)81-51(79)60-33(20-23-64(24-34(67)40(72)42(74)36(69)26-65)25-35(68)41(73)43(75)37(70)27-66)49(78)80-48(77)32(9-4-6-21-54)59-38(71)19-14-29-12-17-31(18-13-29)30-15-10-28(11-16-30)8-5-7-22-58-50(57)63-47(76)39-45(55)62-46(56)44(53)61-39/h10-13,15-18,32-37,40-43,65-70,72-75H,4-9,14,19-27,54H2,1-3H3,(H,59,71)(H,60,79)(H4,55,56,62)(H3,57,58,63,76)/t32-,33-,34-,35-,36+,37+,40+,41+,42+,43+/m0/s1. The van der Waals surface area contributed by atoms with Gasteiger partial charge in [-0.25, -0.2) is 24.4 Å². The van der Waals surface area contributed by atoms with E-state index >= 15 is 0 Å². The zero-order chi connectivity index (χ0) is 60.6. The van der Waals surface area contributed by atoms with Crippen molar-refractivity contribution in [3.05, 3.63) is 70.5 Å². The molecule has 3 aromatic rings. The van der Waals surface area contributed by atoms with Crippen LogP contribution in [0.2, 0.25) is 5.15 Å². The molecule has 0 saturated carbocycles. The summed E-state index contributed by atoms with van der Waals surface area (Å²) >= 11 is 5.85. The number of alkyl carbamates (subject to hydrolysis) is 1. The number of hydrogen-bond acceptors (Lipinski definition) is 24. The maximum Gasteiger partial charge on any atom is 0.408 e. The fourth-order valence-corrected chi connectivity index (χ4v) is 7.97. The molecule has 0 unspecified atom stereocenters. The van der Waals surface area contributed by atoms with Crippen LogP contribution in [-0.2, 0) is 36.7 Å². The first-order valence-electron chi connectivity index (χ1n) is 26.2. The number of aliphatic hydroxyl groups excluding tert-OH is 10. The zero-order valence-electron chi connectivity index (χ0n) is 45.5. The summed E-state index contributed by atoms with van der Waals surface area (Å²) in [5.74, 6) is -4.23. The van der Waals surface area contributed by atoms with Crippen molar-refractivity contribution in [3.8, 4) is 11.1 Å². The topological polar surface area (TPSA) is 488 Å². The van der Waals surface area contributed by atoms with Crippen molar-refractivity contribution in [2.75, 3.05) is 57.4 Å². The summed E-state index contributed by atoms with van der Waals surface area (Å²) < 4.78 is 10.6. The average molecular weight is 1170 g/mol. The van der Waals surface area contributed by atoms with Crippen molar-refractivity contribution in [2.24, 2.45) is 16.5 Å². The summed E-state index contributed by atoms with van der Waals surface area (Å²) in [6.45, 7) is 1.34. The molecule has 452 valence electrons. The van der Waals surface area contributed by atoms with Crippen LogP contribution < -0.4 is 38.9 Å². The Morgan fingerprint density at radius 3 is 1.69 bits per heavy atom. The third-order valence-corrected chi connectivity index (χ3v) is 12.7. The monoisotopic (exact) mass is 1170 g/mol. The van der Waals surface area contributed by atoms with Crippen molar-refractivity contribution < 1.29 is 84.5 Å². The molecular weight excluding hydrogens is 1090 g/mol. The third kappa shape index (κ3) is 24.0. The maximum atomic E-state index is 13.8. The third-order valence-electron chi connectivity index (χ3n) is 12.4. The fourth-order valence-electron chi connectivity index (χ4n) is 7.84. The Bertz CT molecular complexity index is 2460. The number of nitrogens with one attached hydrogen (secondary N) is 3. The predicted molar refractivity (Wildman–Crippen MR) is 295 cm³/mol. The van der Waals surface area contributed by atoms with Gasteiger partial charge >= 0.3 is 18.0 Å². The molecule has 0 radical (unpaired) electrons. The molecule has 0 fully saturated rings. The van der Waals surface area contributed by atoms with E-state index in [9.17, 15) is 75.0 Å². The Kier molecular flexibility index (Phi) is 29.2. The van der Waals surface area contributed by atoms with Crippen LogP contribution in [0.25, 0.3) is 11.1 Å². The number of aryl methyl sites for hydroxylation is 2. The first-order valence-corrected chi connectivity index (χ1v) is 26.6. The molecule has 2 aromatic carbocycles. The highest BCUT2D eigenvalue weighted by atomic mass is 35.5. The molecule has 81 heavy (non-hydrogen) atoms. The summed E-state index contributed by atoms with van der Waals surface area (Å²) in [5, 5.41) is 108. The van der Waals surface area contributed by atoms with Gasteiger partial charge in [-0.3, -0.25) is 24.8 Å². The second-order valence-electron chi connectivity index (χ2n) is 20.2. The zero-order valence-corrected chi connectivity index (χ0v) is 46.3. The van der Waals surface area contributed by atoms with Crippen LogP contribution in [0.15, 0.2) is 53.5 Å². The van der Waals surface area contributed by atoms with Gasteiger partial charge in [0, 0.05) is 32.6 Å². The molecule has 0 aliphatic rings. The van der Waals surface area contributed by atoms with Gasteiger partial charge in [0.05, 0.1) is 25.4 Å². The highest BCUT2D eigenvalue weighted by Gasteiger charge is 2.36. The number of benzene rings is 2. The van der Waals surface area contributed by atoms with Crippen LogP contribution in [0.5, 0.6) is 0 Å². The summed E-state index contributed by atoms with van der Waals surface area (Å²) in [7, 11) is 0. The fraction of sp³-hybridized carbons (Fsp3) is 0.577. The second-order valence-corrected chi connectivity index (χ2v) is 20.6. The van der Waals surface area contributed by atoms with E-state index in [0.29, 0.717) is 25.8 Å². The van der Waals surface area contributed by atoms with Crippen LogP contribution in [0.4, 0.5) is 16.4 Å². The van der Waals surface area contributed by atoms with E-state index in [4.69, 9.17) is 44.0 Å². The van der Waals surface area contributed by atoms with E-state index in [1.807, 2.05) is 48.5 Å². The largest absolute Gasteiger partial charge is 0.444 e. The minimum Gasteiger partial charge on any atom is -0.444 e. The van der Waals surface area contributed by atoms with E-state index in [1.54, 1.807) is 0 Å². The molecule has 10 atom stereocenters. The molecule has 0 spiro atoms. The number of unbranched alkanes of at least 4 members (excludes halogenated alkanes) is 2. The summed E-state index contributed by atoms with van der Waals surface area (Å²) in [4.78, 5) is 79.3. The number of anilines is 2. The van der Waals surface area contributed by atoms with Gasteiger partial charge in [-0.1, -0.05) is 60.1 Å². The number of nitrogens with two attached hydrogens (primary N) is 4. The van der Waals surface area contributed by atoms with Gasteiger partial charge in [0.2, 0.25) is 5.91 Å². The van der Waals surface area contributed by atoms with Gasteiger partial charge < -0.3 is 94.1 Å². The molecule has 1 heterocycles. The number of carbonyl (C=O) groups excluding carboxylic acids is 5. The summed E-state index contributed by atoms with van der Waals surface area (Å²) in [6.07, 6.45) is -14.5. The second kappa shape index (κ2) is 34.3. The van der Waals surface area contributed by atoms with Gasteiger partial charge in [0.25, 0.3) is 5.91 Å². The van der Waals surface area contributed by atoms with Gasteiger partial charge in [-0.15, -0.1) is 0 Å². The lowest BCUT2D eigenvalue weighted by Crippen LogP contribution is -2.54. The molecule has 0 aliphatic heterocycles. The Morgan fingerprint density at radius 1 is 0.679 bits per heavy atom. The molecule has 0 aliphatic carbocycles. The van der Waals surface area contributed by atoms with E-state index in [1.165, 1.54) is 20.8 Å². The van der Waals surface area contributed by atoms with E-state index < -0.39 is 136 Å². The van der Waals surface area contributed by atoms with Gasteiger partial charge in [-0.2, -0.15) is 0 Å². The lowest BCUT2D eigenvalue weighted by atomic mass is 9.99. The van der Waals surface area contributed by atoms with Crippen molar-refractivity contribution in [3.63, 3.8) is 0 Å². The van der Waals surface area contributed by atoms with Crippen LogP contribution in [0.3, 0.4) is 0 Å². The van der Waals surface area contributed by atoms with Crippen LogP contribution in [0.1, 0.15) is 87.3 Å². The molecular formula is C52H80ClN11O17. The molecule has 28 nitrogen and oxygen atoms in total. The first-order chi connectivity index (χ1) is 38.2. The number of nitrogens with zero attached hydrogens (tertiary/aromatic N) is 4. The lowest BCUT2D eigenvalue weighted by Gasteiger charge is -2.34. The SMILES string of the molecule is CC(C)(C)OC(=O)N[C@@H](CCN(C[C@H](O)[C@@H](O)[C@H](O)[C@H](O)CO)C[C@H](O)[C@@H](O)[C@H](O)[C@H](O)CO)C(=O)OC(=O)[C@H](CCCCN)NC(=O)CCc1ccc(-c2ccc(CCCCN=C(N)NC(=O)c3nc(Cl)c(N)nc3N)cc2)cc1. The number of guanidine groups is 1. The van der Waals surface area contributed by atoms with E-state index in [-0.39, 0.29) is 54.2 Å². The number of rotatable bonds is 33. The van der Waals surface area contributed by atoms with E-state index in [0.717, 1.165) is 40.0 Å².